The molecule has 0 aliphatic heterocycles. The van der Waals surface area contributed by atoms with Crippen molar-refractivity contribution in [2.75, 3.05) is 6.61 Å². The molecule has 142 valence electrons. The number of esters is 1. The number of rotatable bonds is 6. The highest BCUT2D eigenvalue weighted by Gasteiger charge is 2.24. The van der Waals surface area contributed by atoms with Gasteiger partial charge in [-0.3, -0.25) is 0 Å². The van der Waals surface area contributed by atoms with Crippen LogP contribution in [0.15, 0.2) is 38.3 Å². The van der Waals surface area contributed by atoms with Gasteiger partial charge in [-0.25, -0.2) is 4.79 Å². The molecule has 0 unspecified atom stereocenters. The lowest BCUT2D eigenvalue weighted by Gasteiger charge is -2.17. The molecule has 1 saturated carbocycles. The van der Waals surface area contributed by atoms with Gasteiger partial charge in [0, 0.05) is 22.6 Å². The molecule has 1 aliphatic rings. The zero-order valence-corrected chi connectivity index (χ0v) is 16.1. The molecule has 0 bridgehead atoms. The third-order valence-corrected chi connectivity index (χ3v) is 5.72. The highest BCUT2D eigenvalue weighted by atomic mass is 32.2. The Hall–Kier alpha value is -2.28. The predicted molar refractivity (Wildman–Crippen MR) is 102 cm³/mol. The van der Waals surface area contributed by atoms with E-state index in [4.69, 9.17) is 13.6 Å². The molecule has 0 saturated heterocycles. The number of furan rings is 1. The molecule has 27 heavy (non-hydrogen) atoms. The van der Waals surface area contributed by atoms with E-state index in [1.165, 1.54) is 31.0 Å². The lowest BCUT2D eigenvalue weighted by molar-refractivity contribution is 0.0491. The molecule has 4 rings (SSSR count). The van der Waals surface area contributed by atoms with Crippen LogP contribution in [0.1, 0.15) is 67.0 Å². The summed E-state index contributed by atoms with van der Waals surface area (Å²) in [4.78, 5) is 12.3. The first-order valence-electron chi connectivity index (χ1n) is 9.40. The second-order valence-electron chi connectivity index (χ2n) is 6.66. The summed E-state index contributed by atoms with van der Waals surface area (Å²) in [6.07, 6.45) is 5.96. The topological polar surface area (TPSA) is 78.4 Å². The van der Waals surface area contributed by atoms with Crippen LogP contribution in [0.5, 0.6) is 0 Å². The van der Waals surface area contributed by atoms with Gasteiger partial charge in [0.2, 0.25) is 11.7 Å². The Morgan fingerprint density at radius 3 is 2.81 bits per heavy atom. The van der Waals surface area contributed by atoms with Gasteiger partial charge in [-0.2, -0.15) is 0 Å². The number of hydrogen-bond acceptors (Lipinski definition) is 7. The molecule has 2 aromatic heterocycles. The number of hydrogen-bond donors (Lipinski definition) is 0. The van der Waals surface area contributed by atoms with Gasteiger partial charge in [0.25, 0.3) is 5.22 Å². The Bertz CT molecular complexity index is 927. The maximum Gasteiger partial charge on any atom is 0.374 e. The van der Waals surface area contributed by atoms with Crippen molar-refractivity contribution in [3.63, 3.8) is 0 Å². The Labute approximate surface area is 161 Å². The Morgan fingerprint density at radius 1 is 1.19 bits per heavy atom. The Morgan fingerprint density at radius 2 is 2.00 bits per heavy atom. The normalized spacial score (nSPS) is 15.3. The van der Waals surface area contributed by atoms with E-state index in [1.807, 2.05) is 24.3 Å². The highest BCUT2D eigenvalue weighted by molar-refractivity contribution is 7.98. The Balaban J connectivity index is 1.54. The quantitative estimate of drug-likeness (QED) is 0.418. The summed E-state index contributed by atoms with van der Waals surface area (Å²) in [5.74, 6) is 1.41. The van der Waals surface area contributed by atoms with Crippen LogP contribution in [0.2, 0.25) is 0 Å². The zero-order chi connectivity index (χ0) is 18.6. The van der Waals surface area contributed by atoms with Gasteiger partial charge in [-0.15, -0.1) is 10.2 Å². The van der Waals surface area contributed by atoms with Crippen LogP contribution in [0, 0.1) is 0 Å². The fraction of sp³-hybridized carbons (Fsp3) is 0.450. The lowest BCUT2D eigenvalue weighted by atomic mass is 9.89. The zero-order valence-electron chi connectivity index (χ0n) is 15.3. The van der Waals surface area contributed by atoms with Crippen LogP contribution in [-0.4, -0.2) is 22.8 Å². The van der Waals surface area contributed by atoms with Crippen molar-refractivity contribution >= 4 is 28.7 Å². The van der Waals surface area contributed by atoms with E-state index >= 15 is 0 Å². The molecule has 0 radical (unpaired) electrons. The minimum atomic E-state index is -0.447. The van der Waals surface area contributed by atoms with Crippen molar-refractivity contribution in [1.29, 1.82) is 0 Å². The number of carbonyl (C=O) groups is 1. The summed E-state index contributed by atoms with van der Waals surface area (Å²) in [6, 6.07) is 7.60. The maximum absolute atomic E-state index is 12.3. The summed E-state index contributed by atoms with van der Waals surface area (Å²) < 4.78 is 16.8. The van der Waals surface area contributed by atoms with Crippen molar-refractivity contribution in [1.82, 2.24) is 10.2 Å². The number of ether oxygens (including phenoxy) is 1. The second kappa shape index (κ2) is 8.17. The van der Waals surface area contributed by atoms with Crippen molar-refractivity contribution in [2.24, 2.45) is 0 Å². The summed E-state index contributed by atoms with van der Waals surface area (Å²) >= 11 is 1.42. The fourth-order valence-electron chi connectivity index (χ4n) is 3.53. The van der Waals surface area contributed by atoms with Crippen LogP contribution in [0.25, 0.3) is 11.0 Å². The molecule has 6 nitrogen and oxygen atoms in total. The van der Waals surface area contributed by atoms with E-state index in [2.05, 4.69) is 10.2 Å². The first-order chi connectivity index (χ1) is 13.3. The minimum Gasteiger partial charge on any atom is -0.460 e. The molecule has 7 heteroatoms. The van der Waals surface area contributed by atoms with Crippen molar-refractivity contribution in [3.05, 3.63) is 41.5 Å². The van der Waals surface area contributed by atoms with E-state index < -0.39 is 5.97 Å². The van der Waals surface area contributed by atoms with E-state index in [-0.39, 0.29) is 5.76 Å². The van der Waals surface area contributed by atoms with Crippen LogP contribution < -0.4 is 0 Å². The molecule has 0 N–H and O–H groups in total. The molecule has 0 amide bonds. The predicted octanol–water partition coefficient (Wildman–Crippen LogP) is 5.33. The van der Waals surface area contributed by atoms with E-state index in [1.54, 1.807) is 6.92 Å². The number of carbonyl (C=O) groups excluding carboxylic acids is 1. The molecule has 0 atom stereocenters. The van der Waals surface area contributed by atoms with E-state index in [9.17, 15) is 4.79 Å². The number of aromatic nitrogens is 2. The number of benzene rings is 1. The number of thioether (sulfide) groups is 1. The van der Waals surface area contributed by atoms with Gasteiger partial charge < -0.3 is 13.6 Å². The van der Waals surface area contributed by atoms with Crippen molar-refractivity contribution in [3.8, 4) is 0 Å². The van der Waals surface area contributed by atoms with Gasteiger partial charge in [-0.1, -0.05) is 49.2 Å². The molecule has 2 heterocycles. The van der Waals surface area contributed by atoms with Gasteiger partial charge in [-0.05, 0) is 25.8 Å². The SMILES string of the molecule is CCOC(=O)c1oc2ccccc2c1CSc1nnc(C2CCCCC2)o1. The Kier molecular flexibility index (Phi) is 5.48. The summed E-state index contributed by atoms with van der Waals surface area (Å²) in [5.41, 5.74) is 1.47. The lowest BCUT2D eigenvalue weighted by Crippen LogP contribution is -2.05. The van der Waals surface area contributed by atoms with Crippen LogP contribution >= 0.6 is 11.8 Å². The maximum atomic E-state index is 12.3. The number of fused-ring (bicyclic) bond motifs is 1. The van der Waals surface area contributed by atoms with Gasteiger partial charge in [0.1, 0.15) is 5.58 Å². The first-order valence-corrected chi connectivity index (χ1v) is 10.4. The third-order valence-electron chi connectivity index (χ3n) is 4.88. The molecule has 0 spiro atoms. The largest absolute Gasteiger partial charge is 0.460 e. The molecule has 1 aliphatic carbocycles. The van der Waals surface area contributed by atoms with E-state index in [0.29, 0.717) is 29.1 Å². The average Bonchev–Trinajstić information content (AvgIpc) is 3.32. The second-order valence-corrected chi connectivity index (χ2v) is 7.58. The number of para-hydroxylation sites is 1. The summed E-state index contributed by atoms with van der Waals surface area (Å²) in [5, 5.41) is 9.84. The first kappa shape index (κ1) is 18.1. The fourth-order valence-corrected chi connectivity index (χ4v) is 4.33. The third kappa shape index (κ3) is 3.88. The minimum absolute atomic E-state index is 0.248. The number of nitrogens with zero attached hydrogens (tertiary/aromatic N) is 2. The van der Waals surface area contributed by atoms with Gasteiger partial charge >= 0.3 is 5.97 Å². The van der Waals surface area contributed by atoms with Gasteiger partial charge in [0.15, 0.2) is 0 Å². The standard InChI is InChI=1S/C20H22N2O4S/c1-2-24-19(23)17-15(14-10-6-7-11-16(14)25-17)12-27-20-22-21-18(26-20)13-8-4-3-5-9-13/h6-7,10-11,13H,2-5,8-9,12H2,1H3. The summed E-state index contributed by atoms with van der Waals surface area (Å²) in [6.45, 7) is 2.08. The van der Waals surface area contributed by atoms with Crippen LogP contribution in [-0.2, 0) is 10.5 Å². The smallest absolute Gasteiger partial charge is 0.374 e. The van der Waals surface area contributed by atoms with Crippen molar-refractivity contribution < 1.29 is 18.4 Å². The molecule has 3 aromatic rings. The van der Waals surface area contributed by atoms with Crippen molar-refractivity contribution in [2.45, 2.75) is 55.9 Å². The van der Waals surface area contributed by atoms with E-state index in [0.717, 1.165) is 29.7 Å². The van der Waals surface area contributed by atoms with Crippen LogP contribution in [0.4, 0.5) is 0 Å². The molecule has 1 fully saturated rings. The molecular formula is C20H22N2O4S. The highest BCUT2D eigenvalue weighted by Crippen LogP contribution is 2.35. The summed E-state index contributed by atoms with van der Waals surface area (Å²) in [7, 11) is 0. The monoisotopic (exact) mass is 386 g/mol. The molecule has 1 aromatic carbocycles. The average molecular weight is 386 g/mol. The molecular weight excluding hydrogens is 364 g/mol. The van der Waals surface area contributed by atoms with Gasteiger partial charge in [0.05, 0.1) is 6.61 Å². The van der Waals surface area contributed by atoms with Crippen LogP contribution in [0.3, 0.4) is 0 Å².